The van der Waals surface area contributed by atoms with Gasteiger partial charge < -0.3 is 9.84 Å². The van der Waals surface area contributed by atoms with Crippen molar-refractivity contribution in [2.75, 3.05) is 12.9 Å². The summed E-state index contributed by atoms with van der Waals surface area (Å²) in [6.07, 6.45) is 2.91. The third kappa shape index (κ3) is 4.19. The number of rotatable bonds is 6. The molecule has 10 heteroatoms. The van der Waals surface area contributed by atoms with Crippen molar-refractivity contribution >= 4 is 60.4 Å². The van der Waals surface area contributed by atoms with Crippen LogP contribution in [-0.2, 0) is 12.8 Å². The van der Waals surface area contributed by atoms with Crippen molar-refractivity contribution in [1.82, 2.24) is 14.5 Å². The van der Waals surface area contributed by atoms with Crippen molar-refractivity contribution in [3.8, 4) is 17.5 Å². The average molecular weight is 545 g/mol. The van der Waals surface area contributed by atoms with Gasteiger partial charge in [0.1, 0.15) is 33.0 Å². The summed E-state index contributed by atoms with van der Waals surface area (Å²) >= 11 is 4.16. The van der Waals surface area contributed by atoms with Crippen molar-refractivity contribution in [3.05, 3.63) is 80.1 Å². The molecule has 0 atom stereocenters. The molecule has 5 aromatic rings. The maximum Gasteiger partial charge on any atom is 0.267 e. The number of fused-ring (bicyclic) bond motifs is 4. The number of hydrogen-bond donors (Lipinski definition) is 1. The number of hydrogen-bond acceptors (Lipinski definition) is 9. The largest absolute Gasteiger partial charge is 0.510 e. The average Bonchev–Trinajstić information content (AvgIpc) is 3.62. The van der Waals surface area contributed by atoms with Gasteiger partial charge >= 0.3 is 0 Å². The molecule has 3 heterocycles. The maximum absolute atomic E-state index is 13.8. The van der Waals surface area contributed by atoms with Crippen molar-refractivity contribution in [2.45, 2.75) is 24.4 Å². The van der Waals surface area contributed by atoms with Crippen molar-refractivity contribution in [3.63, 3.8) is 0 Å². The molecule has 0 aliphatic heterocycles. The summed E-state index contributed by atoms with van der Waals surface area (Å²) in [5, 5.41) is 22.3. The number of benzene rings is 2. The number of aromatic nitrogens is 3. The van der Waals surface area contributed by atoms with Gasteiger partial charge in [0.15, 0.2) is 5.16 Å². The standard InChI is InChI=1S/C27H20N4O3S3/c1-34-16-11-9-15(10-12-16)31-26(33)23-17-5-4-8-21(17)36-25(23)30-27(31)35-14-20(32)18(13-28)24-29-19-6-2-3-7-22(19)37-24/h2-3,6-7,9-12,32H,4-5,8,14H2,1H3/b20-18-. The van der Waals surface area contributed by atoms with Gasteiger partial charge in [-0.1, -0.05) is 23.9 Å². The van der Waals surface area contributed by atoms with Gasteiger partial charge in [0, 0.05) is 4.88 Å². The smallest absolute Gasteiger partial charge is 0.267 e. The quantitative estimate of drug-likeness (QED) is 0.119. The molecule has 0 saturated heterocycles. The van der Waals surface area contributed by atoms with Crippen LogP contribution in [0.5, 0.6) is 5.75 Å². The topological polar surface area (TPSA) is 101 Å². The molecular weight excluding hydrogens is 525 g/mol. The molecule has 3 aromatic heterocycles. The van der Waals surface area contributed by atoms with E-state index in [0.29, 0.717) is 27.0 Å². The summed E-state index contributed by atoms with van der Waals surface area (Å²) in [5.74, 6) is 0.653. The number of allylic oxidation sites excluding steroid dienone is 1. The van der Waals surface area contributed by atoms with E-state index in [9.17, 15) is 15.2 Å². The number of aliphatic hydroxyl groups is 1. The van der Waals surface area contributed by atoms with E-state index in [-0.39, 0.29) is 22.6 Å². The van der Waals surface area contributed by atoms with E-state index >= 15 is 0 Å². The highest BCUT2D eigenvalue weighted by atomic mass is 32.2. The van der Waals surface area contributed by atoms with Crippen LogP contribution >= 0.6 is 34.4 Å². The van der Waals surface area contributed by atoms with E-state index in [4.69, 9.17) is 9.72 Å². The van der Waals surface area contributed by atoms with Gasteiger partial charge in [0.25, 0.3) is 5.56 Å². The van der Waals surface area contributed by atoms with Crippen LogP contribution in [-0.4, -0.2) is 32.5 Å². The van der Waals surface area contributed by atoms with Gasteiger partial charge in [0.2, 0.25) is 0 Å². The lowest BCUT2D eigenvalue weighted by molar-refractivity contribution is 0.414. The minimum atomic E-state index is -0.118. The Morgan fingerprint density at radius 1 is 1.16 bits per heavy atom. The van der Waals surface area contributed by atoms with Gasteiger partial charge in [-0.3, -0.25) is 9.36 Å². The fraction of sp³-hybridized carbons (Fsp3) is 0.185. The second-order valence-corrected chi connectivity index (χ2v) is 11.5. The van der Waals surface area contributed by atoms with Crippen LogP contribution in [0.4, 0.5) is 0 Å². The van der Waals surface area contributed by atoms with Crippen LogP contribution in [0.2, 0.25) is 0 Å². The van der Waals surface area contributed by atoms with Crippen LogP contribution < -0.4 is 10.3 Å². The highest BCUT2D eigenvalue weighted by molar-refractivity contribution is 7.99. The molecule has 0 amide bonds. The minimum Gasteiger partial charge on any atom is -0.510 e. The number of para-hydroxylation sites is 1. The lowest BCUT2D eigenvalue weighted by Gasteiger charge is -2.13. The molecule has 1 aliphatic carbocycles. The van der Waals surface area contributed by atoms with Gasteiger partial charge in [-0.2, -0.15) is 5.26 Å². The lowest BCUT2D eigenvalue weighted by atomic mass is 10.2. The number of thioether (sulfide) groups is 1. The predicted octanol–water partition coefficient (Wildman–Crippen LogP) is 6.14. The Kier molecular flexibility index (Phi) is 6.20. The van der Waals surface area contributed by atoms with E-state index in [1.165, 1.54) is 28.0 Å². The number of aryl methyl sites for hydroxylation is 2. The van der Waals surface area contributed by atoms with E-state index < -0.39 is 0 Å². The predicted molar refractivity (Wildman–Crippen MR) is 149 cm³/mol. The fourth-order valence-corrected chi connectivity index (χ4v) is 7.68. The Morgan fingerprint density at radius 3 is 2.73 bits per heavy atom. The van der Waals surface area contributed by atoms with Crippen molar-refractivity contribution in [2.24, 2.45) is 0 Å². The first-order valence-electron chi connectivity index (χ1n) is 11.6. The van der Waals surface area contributed by atoms with Crippen molar-refractivity contribution in [1.29, 1.82) is 5.26 Å². The first-order valence-corrected chi connectivity index (χ1v) is 14.2. The van der Waals surface area contributed by atoms with Gasteiger partial charge in [0.05, 0.1) is 34.2 Å². The molecule has 1 aliphatic rings. The van der Waals surface area contributed by atoms with Gasteiger partial charge in [-0.25, -0.2) is 9.97 Å². The molecular formula is C27H20N4O3S3. The molecule has 2 aromatic carbocycles. The monoisotopic (exact) mass is 544 g/mol. The highest BCUT2D eigenvalue weighted by Gasteiger charge is 2.24. The van der Waals surface area contributed by atoms with E-state index in [1.807, 2.05) is 36.4 Å². The number of aliphatic hydroxyl groups excluding tert-OH is 1. The SMILES string of the molecule is COc1ccc(-n2c(SC/C(O)=C(\C#N)c3nc4ccccc4s3)nc3sc4c(c3c2=O)CCC4)cc1. The van der Waals surface area contributed by atoms with E-state index in [1.54, 1.807) is 35.1 Å². The third-order valence-electron chi connectivity index (χ3n) is 6.28. The second kappa shape index (κ2) is 9.67. The zero-order chi connectivity index (χ0) is 25.5. The Morgan fingerprint density at radius 2 is 1.97 bits per heavy atom. The first-order chi connectivity index (χ1) is 18.1. The molecule has 37 heavy (non-hydrogen) atoms. The molecule has 1 N–H and O–H groups in total. The number of thiophene rings is 1. The third-order valence-corrected chi connectivity index (χ3v) is 9.47. The Labute approximate surface area is 224 Å². The van der Waals surface area contributed by atoms with Crippen LogP contribution in [0.3, 0.4) is 0 Å². The molecule has 184 valence electrons. The van der Waals surface area contributed by atoms with Crippen LogP contribution in [0.25, 0.3) is 31.7 Å². The van der Waals surface area contributed by atoms with Crippen LogP contribution in [0, 0.1) is 11.3 Å². The number of ether oxygens (including phenoxy) is 1. The molecule has 0 saturated carbocycles. The van der Waals surface area contributed by atoms with Crippen LogP contribution in [0.1, 0.15) is 21.9 Å². The van der Waals surface area contributed by atoms with Crippen molar-refractivity contribution < 1.29 is 9.84 Å². The minimum absolute atomic E-state index is 0.0675. The molecule has 0 fully saturated rings. The molecule has 0 spiro atoms. The van der Waals surface area contributed by atoms with E-state index in [2.05, 4.69) is 11.1 Å². The Bertz CT molecular complexity index is 1760. The fourth-order valence-electron chi connectivity index (χ4n) is 4.50. The number of thiazole rings is 1. The summed E-state index contributed by atoms with van der Waals surface area (Å²) < 4.78 is 7.82. The molecule has 7 nitrogen and oxygen atoms in total. The first kappa shape index (κ1) is 23.7. The molecule has 0 bridgehead atoms. The summed E-state index contributed by atoms with van der Waals surface area (Å²) in [7, 11) is 1.60. The zero-order valence-electron chi connectivity index (χ0n) is 19.7. The molecule has 6 rings (SSSR count). The normalized spacial score (nSPS) is 13.5. The van der Waals surface area contributed by atoms with E-state index in [0.717, 1.165) is 39.9 Å². The Balaban J connectivity index is 1.42. The molecule has 0 unspecified atom stereocenters. The summed E-state index contributed by atoms with van der Waals surface area (Å²) in [4.78, 5) is 25.2. The zero-order valence-corrected chi connectivity index (χ0v) is 22.2. The summed E-state index contributed by atoms with van der Waals surface area (Å²) in [5.41, 5.74) is 2.56. The molecule has 0 radical (unpaired) electrons. The summed E-state index contributed by atoms with van der Waals surface area (Å²) in [6, 6.07) is 17.0. The summed E-state index contributed by atoms with van der Waals surface area (Å²) in [6.45, 7) is 0. The lowest BCUT2D eigenvalue weighted by Crippen LogP contribution is -2.22. The van der Waals surface area contributed by atoms with Gasteiger partial charge in [-0.05, 0) is 61.2 Å². The number of nitriles is 1. The number of nitrogens with zero attached hydrogens (tertiary/aromatic N) is 4. The Hall–Kier alpha value is -3.65. The number of methoxy groups -OCH3 is 1. The van der Waals surface area contributed by atoms with Crippen LogP contribution in [0.15, 0.2) is 64.2 Å². The van der Waals surface area contributed by atoms with Gasteiger partial charge in [-0.15, -0.1) is 22.7 Å². The maximum atomic E-state index is 13.8. The second-order valence-electron chi connectivity index (χ2n) is 8.48. The highest BCUT2D eigenvalue weighted by Crippen LogP contribution is 2.37.